The predicted molar refractivity (Wildman–Crippen MR) is 104 cm³/mol. The number of β-lactam (4-membered cyclic amide) rings is 1. The van der Waals surface area contributed by atoms with Crippen molar-refractivity contribution >= 4 is 51.8 Å². The minimum absolute atomic E-state index is 0.122. The number of thioether (sulfide) groups is 1. The number of fused-ring (bicyclic) bond motifs is 1. The zero-order valence-corrected chi connectivity index (χ0v) is 16.1. The summed E-state index contributed by atoms with van der Waals surface area (Å²) in [5.74, 6) is -2.24. The molecule has 2 fully saturated rings. The van der Waals surface area contributed by atoms with Crippen LogP contribution in [0.3, 0.4) is 0 Å². The maximum atomic E-state index is 12.8. The summed E-state index contributed by atoms with van der Waals surface area (Å²) in [4.78, 5) is 50.8. The number of hydrogen-bond donors (Lipinski definition) is 3. The smallest absolute Gasteiger partial charge is 0.352 e. The average molecular weight is 420 g/mol. The Morgan fingerprint density at radius 3 is 2.75 bits per heavy atom. The monoisotopic (exact) mass is 420 g/mol. The largest absolute Gasteiger partial charge is 0.477 e. The molecule has 0 aliphatic carbocycles. The number of nitrogens with zero attached hydrogens (tertiary/aromatic N) is 2. The number of carboxylic acid groups (broad SMARTS) is 1. The first-order valence-corrected chi connectivity index (χ1v) is 10.3. The van der Waals surface area contributed by atoms with Crippen molar-refractivity contribution in [2.45, 2.75) is 17.8 Å². The van der Waals surface area contributed by atoms with Crippen molar-refractivity contribution in [3.05, 3.63) is 39.9 Å². The van der Waals surface area contributed by atoms with Gasteiger partial charge in [-0.25, -0.2) is 4.79 Å². The molecule has 3 amide bonds. The molecule has 2 saturated heterocycles. The summed E-state index contributed by atoms with van der Waals surface area (Å²) < 4.78 is 0. The number of carbonyl (C=O) groups excluding carboxylic acids is 3. The summed E-state index contributed by atoms with van der Waals surface area (Å²) in [6, 6.07) is 0.863. The third-order valence-electron chi connectivity index (χ3n) is 4.87. The van der Waals surface area contributed by atoms with E-state index in [1.54, 1.807) is 17.5 Å². The molecule has 146 valence electrons. The SMILES string of the molecule is NC(=O)c1ccsc1N1CCC(=CC2=C(C(=O)O)N3C(=O)[C@@H](N)[C@H]3SC2)C1=O. The topological polar surface area (TPSA) is 147 Å². The highest BCUT2D eigenvalue weighted by Gasteiger charge is 2.51. The van der Waals surface area contributed by atoms with Crippen molar-refractivity contribution in [1.29, 1.82) is 0 Å². The highest BCUT2D eigenvalue weighted by atomic mass is 32.2. The summed E-state index contributed by atoms with van der Waals surface area (Å²) in [6.45, 7) is 0.366. The number of primary amides is 1. The predicted octanol–water partition coefficient (Wildman–Crippen LogP) is 0.0912. The van der Waals surface area contributed by atoms with Gasteiger partial charge in [-0.05, 0) is 29.5 Å². The van der Waals surface area contributed by atoms with Crippen LogP contribution in [0.4, 0.5) is 5.00 Å². The van der Waals surface area contributed by atoms with Crippen LogP contribution in [0.2, 0.25) is 0 Å². The molecule has 3 aliphatic heterocycles. The van der Waals surface area contributed by atoms with Crippen LogP contribution in [0, 0.1) is 0 Å². The molecule has 0 unspecified atom stereocenters. The standard InChI is InChI=1S/C17H16N4O5S2/c18-10-14(24)21-11(17(25)26)8(6-28-16(10)21)5-7-1-3-20(13(7)23)15-9(12(19)22)2-4-27-15/h2,4-5,10,16H,1,3,6,18H2,(H2,19,22)(H,25,26)/t10-,16-/m1/s1. The number of anilines is 1. The molecule has 4 rings (SSSR count). The zero-order valence-electron chi connectivity index (χ0n) is 14.5. The van der Waals surface area contributed by atoms with Crippen LogP contribution >= 0.6 is 23.1 Å². The normalized spacial score (nSPS) is 26.0. The van der Waals surface area contributed by atoms with Gasteiger partial charge in [-0.2, -0.15) is 0 Å². The quantitative estimate of drug-likeness (QED) is 0.462. The first kappa shape index (κ1) is 18.7. The van der Waals surface area contributed by atoms with Crippen LogP contribution in [0.5, 0.6) is 0 Å². The third kappa shape index (κ3) is 2.74. The van der Waals surface area contributed by atoms with Crippen molar-refractivity contribution in [1.82, 2.24) is 4.90 Å². The van der Waals surface area contributed by atoms with Crippen LogP contribution in [0.1, 0.15) is 16.8 Å². The fourth-order valence-electron chi connectivity index (χ4n) is 3.50. The van der Waals surface area contributed by atoms with Crippen molar-refractivity contribution in [2.24, 2.45) is 11.5 Å². The van der Waals surface area contributed by atoms with Crippen molar-refractivity contribution in [3.8, 4) is 0 Å². The van der Waals surface area contributed by atoms with E-state index in [2.05, 4.69) is 0 Å². The molecule has 1 aromatic rings. The summed E-state index contributed by atoms with van der Waals surface area (Å²) in [6.07, 6.45) is 1.94. The second kappa shape index (κ2) is 6.76. The molecule has 0 aromatic carbocycles. The second-order valence-corrected chi connectivity index (χ2v) is 8.49. The number of carboxylic acids is 1. The Hall–Kier alpha value is -2.63. The molecule has 0 saturated carbocycles. The van der Waals surface area contributed by atoms with E-state index < -0.39 is 23.8 Å². The number of hydrogen-bond acceptors (Lipinski definition) is 7. The molecular formula is C17H16N4O5S2. The Kier molecular flexibility index (Phi) is 4.52. The minimum Gasteiger partial charge on any atom is -0.477 e. The van der Waals surface area contributed by atoms with E-state index >= 15 is 0 Å². The van der Waals surface area contributed by atoms with Gasteiger partial charge in [0.1, 0.15) is 22.1 Å². The van der Waals surface area contributed by atoms with Crippen LogP contribution in [0.25, 0.3) is 0 Å². The van der Waals surface area contributed by atoms with E-state index in [0.717, 1.165) is 0 Å². The lowest BCUT2D eigenvalue weighted by atomic mass is 10.0. The molecule has 9 nitrogen and oxygen atoms in total. The van der Waals surface area contributed by atoms with E-state index in [0.29, 0.717) is 34.9 Å². The molecule has 28 heavy (non-hydrogen) atoms. The van der Waals surface area contributed by atoms with Crippen molar-refractivity contribution < 1.29 is 24.3 Å². The van der Waals surface area contributed by atoms with Gasteiger partial charge in [0, 0.05) is 17.9 Å². The number of aliphatic carboxylic acids is 1. The van der Waals surface area contributed by atoms with Gasteiger partial charge in [-0.1, -0.05) is 0 Å². The second-order valence-electron chi connectivity index (χ2n) is 6.49. The van der Waals surface area contributed by atoms with Crippen molar-refractivity contribution in [3.63, 3.8) is 0 Å². The molecule has 4 heterocycles. The molecule has 5 N–H and O–H groups in total. The first-order valence-electron chi connectivity index (χ1n) is 8.37. The summed E-state index contributed by atoms with van der Waals surface area (Å²) in [5.41, 5.74) is 12.1. The molecule has 2 atom stereocenters. The Morgan fingerprint density at radius 2 is 2.07 bits per heavy atom. The Balaban J connectivity index is 1.66. The highest BCUT2D eigenvalue weighted by molar-refractivity contribution is 8.00. The maximum Gasteiger partial charge on any atom is 0.352 e. The van der Waals surface area contributed by atoms with Gasteiger partial charge in [0.2, 0.25) is 5.91 Å². The number of rotatable bonds is 4. The van der Waals surface area contributed by atoms with Gasteiger partial charge in [0.05, 0.1) is 5.56 Å². The molecule has 11 heteroatoms. The van der Waals surface area contributed by atoms with Crippen LogP contribution in [0.15, 0.2) is 34.4 Å². The minimum atomic E-state index is -1.23. The van der Waals surface area contributed by atoms with E-state index in [9.17, 15) is 24.3 Å². The van der Waals surface area contributed by atoms with Gasteiger partial charge < -0.3 is 16.6 Å². The molecule has 0 spiro atoms. The highest BCUT2D eigenvalue weighted by Crippen LogP contribution is 2.41. The lowest BCUT2D eigenvalue weighted by Gasteiger charge is -2.47. The van der Waals surface area contributed by atoms with Gasteiger partial charge in [-0.3, -0.25) is 24.2 Å². The van der Waals surface area contributed by atoms with E-state index in [4.69, 9.17) is 11.5 Å². The maximum absolute atomic E-state index is 12.8. The number of thiophene rings is 1. The van der Waals surface area contributed by atoms with Crippen molar-refractivity contribution in [2.75, 3.05) is 17.2 Å². The molecule has 0 radical (unpaired) electrons. The number of carbonyl (C=O) groups is 4. The van der Waals surface area contributed by atoms with E-state index in [-0.39, 0.29) is 22.5 Å². The van der Waals surface area contributed by atoms with Gasteiger partial charge in [-0.15, -0.1) is 23.1 Å². The average Bonchev–Trinajstić information content (AvgIpc) is 3.27. The third-order valence-corrected chi connectivity index (χ3v) is 7.13. The summed E-state index contributed by atoms with van der Waals surface area (Å²) >= 11 is 2.62. The van der Waals surface area contributed by atoms with Gasteiger partial charge >= 0.3 is 5.97 Å². The number of nitrogens with two attached hydrogens (primary N) is 2. The van der Waals surface area contributed by atoms with Crippen LogP contribution in [-0.2, 0) is 14.4 Å². The lowest BCUT2D eigenvalue weighted by Crippen LogP contribution is -2.68. The number of allylic oxidation sites excluding steroid dienone is 1. The van der Waals surface area contributed by atoms with Gasteiger partial charge in [0.15, 0.2) is 0 Å². The van der Waals surface area contributed by atoms with E-state index in [1.165, 1.54) is 32.9 Å². The summed E-state index contributed by atoms with van der Waals surface area (Å²) in [7, 11) is 0. The fraction of sp³-hybridized carbons (Fsp3) is 0.294. The van der Waals surface area contributed by atoms with E-state index in [1.807, 2.05) is 0 Å². The molecule has 3 aliphatic rings. The zero-order chi connectivity index (χ0) is 20.2. The van der Waals surface area contributed by atoms with Gasteiger partial charge in [0.25, 0.3) is 11.8 Å². The Morgan fingerprint density at radius 1 is 1.32 bits per heavy atom. The Bertz CT molecular complexity index is 982. The molecular weight excluding hydrogens is 404 g/mol. The molecule has 0 bridgehead atoms. The van der Waals surface area contributed by atoms with Crippen LogP contribution < -0.4 is 16.4 Å². The molecule has 1 aromatic heterocycles. The van der Waals surface area contributed by atoms with Crippen LogP contribution in [-0.4, -0.2) is 57.4 Å². The first-order chi connectivity index (χ1) is 13.3. The lowest BCUT2D eigenvalue weighted by molar-refractivity contribution is -0.147. The Labute approximate surface area is 167 Å². The summed E-state index contributed by atoms with van der Waals surface area (Å²) in [5, 5.41) is 11.4. The fourth-order valence-corrected chi connectivity index (χ4v) is 5.68. The number of amides is 3.